The Balaban J connectivity index is 1.95. The molecule has 2 N–H and O–H groups in total. The molecule has 0 radical (unpaired) electrons. The number of aryl methyl sites for hydroxylation is 2. The van der Waals surface area contributed by atoms with E-state index >= 15 is 0 Å². The van der Waals surface area contributed by atoms with E-state index in [1.807, 2.05) is 0 Å². The number of nitrogens with one attached hydrogen (secondary N) is 2. The van der Waals surface area contributed by atoms with Gasteiger partial charge in [0.25, 0.3) is 11.6 Å². The molecule has 1 heterocycles. The normalized spacial score (nSPS) is 10.2. The highest BCUT2D eigenvalue weighted by Gasteiger charge is 2.15. The van der Waals surface area contributed by atoms with Crippen LogP contribution in [0.1, 0.15) is 15.9 Å². The van der Waals surface area contributed by atoms with Crippen molar-refractivity contribution in [1.29, 1.82) is 0 Å². The summed E-state index contributed by atoms with van der Waals surface area (Å²) in [6.07, 6.45) is 1.67. The summed E-state index contributed by atoms with van der Waals surface area (Å²) in [6.45, 7) is 1.32. The highest BCUT2D eigenvalue weighted by Crippen LogP contribution is 2.19. The molecule has 23 heavy (non-hydrogen) atoms. The van der Waals surface area contributed by atoms with Gasteiger partial charge in [-0.05, 0) is 13.0 Å². The van der Waals surface area contributed by atoms with Crippen molar-refractivity contribution in [3.63, 3.8) is 0 Å². The largest absolute Gasteiger partial charge is 0.343 e. The molecule has 0 aliphatic heterocycles. The van der Waals surface area contributed by atoms with E-state index in [0.717, 1.165) is 0 Å². The van der Waals surface area contributed by atoms with Crippen LogP contribution in [0.4, 0.5) is 11.5 Å². The second-order valence-electron chi connectivity index (χ2n) is 4.86. The first kappa shape index (κ1) is 16.1. The third-order valence-electron chi connectivity index (χ3n) is 3.06. The molecular weight excluding hydrogens is 302 g/mol. The van der Waals surface area contributed by atoms with Crippen LogP contribution in [0.15, 0.2) is 30.5 Å². The number of aromatic nitrogens is 2. The third kappa shape index (κ3) is 4.13. The van der Waals surface area contributed by atoms with Gasteiger partial charge < -0.3 is 10.6 Å². The Bertz CT molecular complexity index is 768. The maximum atomic E-state index is 12.0. The third-order valence-corrected chi connectivity index (χ3v) is 3.06. The SMILES string of the molecule is Cc1ccc(C(=O)NCC(=O)Nc2ccn(C)n2)cc1[N+](=O)[O-]. The van der Waals surface area contributed by atoms with E-state index in [2.05, 4.69) is 15.7 Å². The second-order valence-corrected chi connectivity index (χ2v) is 4.86. The van der Waals surface area contributed by atoms with Crippen LogP contribution in [0.5, 0.6) is 0 Å². The van der Waals surface area contributed by atoms with Gasteiger partial charge in [-0.3, -0.25) is 24.4 Å². The molecule has 0 unspecified atom stereocenters. The van der Waals surface area contributed by atoms with Crippen molar-refractivity contribution < 1.29 is 14.5 Å². The Labute approximate surface area is 131 Å². The Kier molecular flexibility index (Phi) is 4.69. The van der Waals surface area contributed by atoms with Gasteiger partial charge in [0.15, 0.2) is 5.82 Å². The molecule has 0 saturated heterocycles. The number of benzene rings is 1. The van der Waals surface area contributed by atoms with Crippen LogP contribution >= 0.6 is 0 Å². The fourth-order valence-corrected chi connectivity index (χ4v) is 1.88. The predicted octanol–water partition coefficient (Wildman–Crippen LogP) is 1.01. The molecule has 2 aromatic rings. The van der Waals surface area contributed by atoms with E-state index in [-0.39, 0.29) is 17.8 Å². The summed E-state index contributed by atoms with van der Waals surface area (Å²) in [5.74, 6) is -0.638. The summed E-state index contributed by atoms with van der Waals surface area (Å²) in [4.78, 5) is 34.0. The second kappa shape index (κ2) is 6.69. The van der Waals surface area contributed by atoms with Crippen molar-refractivity contribution in [3.05, 3.63) is 51.7 Å². The number of rotatable bonds is 5. The first-order valence-electron chi connectivity index (χ1n) is 6.69. The maximum Gasteiger partial charge on any atom is 0.273 e. The fraction of sp³-hybridized carbons (Fsp3) is 0.214. The minimum atomic E-state index is -0.565. The first-order valence-corrected chi connectivity index (χ1v) is 6.69. The highest BCUT2D eigenvalue weighted by atomic mass is 16.6. The summed E-state index contributed by atoms with van der Waals surface area (Å²) in [7, 11) is 1.71. The maximum absolute atomic E-state index is 12.0. The number of nitro groups is 1. The van der Waals surface area contributed by atoms with Gasteiger partial charge in [0.2, 0.25) is 5.91 Å². The van der Waals surface area contributed by atoms with Crippen LogP contribution in [-0.4, -0.2) is 33.1 Å². The lowest BCUT2D eigenvalue weighted by atomic mass is 10.1. The number of carbonyl (C=O) groups is 2. The van der Waals surface area contributed by atoms with Crippen molar-refractivity contribution in [2.75, 3.05) is 11.9 Å². The zero-order chi connectivity index (χ0) is 17.0. The lowest BCUT2D eigenvalue weighted by molar-refractivity contribution is -0.385. The van der Waals surface area contributed by atoms with Crippen LogP contribution in [0.3, 0.4) is 0 Å². The summed E-state index contributed by atoms with van der Waals surface area (Å²) >= 11 is 0. The zero-order valence-corrected chi connectivity index (χ0v) is 12.6. The molecule has 0 fully saturated rings. The number of hydrogen-bond acceptors (Lipinski definition) is 5. The monoisotopic (exact) mass is 317 g/mol. The van der Waals surface area contributed by atoms with E-state index in [1.165, 1.54) is 22.9 Å². The summed E-state index contributed by atoms with van der Waals surface area (Å²) in [5, 5.41) is 19.8. The number of nitro benzene ring substituents is 1. The Morgan fingerprint density at radius 3 is 2.70 bits per heavy atom. The molecule has 9 nitrogen and oxygen atoms in total. The van der Waals surface area contributed by atoms with Crippen LogP contribution in [0, 0.1) is 17.0 Å². The number of nitrogens with zero attached hydrogens (tertiary/aromatic N) is 3. The van der Waals surface area contributed by atoms with Crippen LogP contribution in [0.25, 0.3) is 0 Å². The molecule has 2 amide bonds. The topological polar surface area (TPSA) is 119 Å². The van der Waals surface area contributed by atoms with Gasteiger partial charge >= 0.3 is 0 Å². The number of carbonyl (C=O) groups excluding carboxylic acids is 2. The average Bonchev–Trinajstić information content (AvgIpc) is 2.90. The van der Waals surface area contributed by atoms with Gasteiger partial charge in [-0.2, -0.15) is 5.10 Å². The quantitative estimate of drug-likeness (QED) is 0.630. The van der Waals surface area contributed by atoms with Crippen molar-refractivity contribution in [2.24, 2.45) is 7.05 Å². The van der Waals surface area contributed by atoms with Gasteiger partial charge in [-0.15, -0.1) is 0 Å². The minimum Gasteiger partial charge on any atom is -0.343 e. The highest BCUT2D eigenvalue weighted by molar-refractivity contribution is 5.99. The Hall–Kier alpha value is -3.23. The van der Waals surface area contributed by atoms with Crippen LogP contribution in [-0.2, 0) is 11.8 Å². The molecule has 0 bridgehead atoms. The molecule has 1 aromatic carbocycles. The molecule has 0 aliphatic rings. The molecule has 0 saturated carbocycles. The minimum absolute atomic E-state index is 0.118. The predicted molar refractivity (Wildman–Crippen MR) is 82.0 cm³/mol. The van der Waals surface area contributed by atoms with Crippen LogP contribution < -0.4 is 10.6 Å². The summed E-state index contributed by atoms with van der Waals surface area (Å²) in [5.41, 5.74) is 0.433. The lowest BCUT2D eigenvalue weighted by Crippen LogP contribution is -2.33. The van der Waals surface area contributed by atoms with E-state index in [1.54, 1.807) is 26.2 Å². The number of hydrogen-bond donors (Lipinski definition) is 2. The molecule has 0 atom stereocenters. The van der Waals surface area contributed by atoms with E-state index in [4.69, 9.17) is 0 Å². The first-order chi connectivity index (χ1) is 10.9. The number of amides is 2. The Morgan fingerprint density at radius 2 is 2.09 bits per heavy atom. The zero-order valence-electron chi connectivity index (χ0n) is 12.6. The molecule has 2 rings (SSSR count). The molecule has 0 spiro atoms. The smallest absolute Gasteiger partial charge is 0.273 e. The van der Waals surface area contributed by atoms with E-state index < -0.39 is 16.7 Å². The van der Waals surface area contributed by atoms with E-state index in [9.17, 15) is 19.7 Å². The van der Waals surface area contributed by atoms with Crippen molar-refractivity contribution >= 4 is 23.3 Å². The molecule has 120 valence electrons. The van der Waals surface area contributed by atoms with Crippen LogP contribution in [0.2, 0.25) is 0 Å². The lowest BCUT2D eigenvalue weighted by Gasteiger charge is -2.06. The molecule has 0 aliphatic carbocycles. The Morgan fingerprint density at radius 1 is 1.35 bits per heavy atom. The average molecular weight is 317 g/mol. The summed E-state index contributed by atoms with van der Waals surface area (Å²) in [6, 6.07) is 5.75. The standard InChI is InChI=1S/C14H15N5O4/c1-9-3-4-10(7-11(9)19(22)23)14(21)15-8-13(20)16-12-5-6-18(2)17-12/h3-7H,8H2,1-2H3,(H,15,21)(H,16,17,20). The van der Waals surface area contributed by atoms with Gasteiger partial charge in [0.05, 0.1) is 11.5 Å². The molecule has 1 aromatic heterocycles. The van der Waals surface area contributed by atoms with Crippen molar-refractivity contribution in [3.8, 4) is 0 Å². The fourth-order valence-electron chi connectivity index (χ4n) is 1.88. The van der Waals surface area contributed by atoms with E-state index in [0.29, 0.717) is 11.4 Å². The van der Waals surface area contributed by atoms with Gasteiger partial charge in [0.1, 0.15) is 0 Å². The summed E-state index contributed by atoms with van der Waals surface area (Å²) < 4.78 is 1.53. The van der Waals surface area contributed by atoms with Crippen molar-refractivity contribution in [2.45, 2.75) is 6.92 Å². The molecule has 9 heteroatoms. The number of anilines is 1. The molecular formula is C14H15N5O4. The van der Waals surface area contributed by atoms with Gasteiger partial charge in [0, 0.05) is 36.5 Å². The van der Waals surface area contributed by atoms with Crippen molar-refractivity contribution in [1.82, 2.24) is 15.1 Å². The van der Waals surface area contributed by atoms with Gasteiger partial charge in [-0.25, -0.2) is 0 Å². The van der Waals surface area contributed by atoms with Gasteiger partial charge in [-0.1, -0.05) is 6.07 Å².